The van der Waals surface area contributed by atoms with Crippen LogP contribution in [0, 0.1) is 0 Å². The lowest BCUT2D eigenvalue weighted by Gasteiger charge is -2.03. The molecular weight excluding hydrogens is 280 g/mol. The summed E-state index contributed by atoms with van der Waals surface area (Å²) in [6.45, 7) is 21.2. The molecule has 1 aromatic rings. The maximum absolute atomic E-state index is 4.61. The summed E-state index contributed by atoms with van der Waals surface area (Å²) in [5.41, 5.74) is 2.88. The van der Waals surface area contributed by atoms with Gasteiger partial charge in [-0.2, -0.15) is 0 Å². The number of allylic oxidation sites excluding steroid dienone is 7. The number of rotatable bonds is 6. The topological polar surface area (TPSA) is 17.8 Å². The van der Waals surface area contributed by atoms with E-state index in [4.69, 9.17) is 0 Å². The predicted molar refractivity (Wildman–Crippen MR) is 108 cm³/mol. The van der Waals surface area contributed by atoms with Gasteiger partial charge >= 0.3 is 0 Å². The average Bonchev–Trinajstić information content (AvgIpc) is 2.92. The van der Waals surface area contributed by atoms with Crippen LogP contribution in [0.3, 0.4) is 0 Å². The molecule has 0 spiro atoms. The Labute approximate surface area is 143 Å². The summed E-state index contributed by atoms with van der Waals surface area (Å²) in [7, 11) is 1.98. The summed E-state index contributed by atoms with van der Waals surface area (Å²) < 4.78 is 2.03. The highest BCUT2D eigenvalue weighted by atomic mass is 15.1. The first-order valence-corrected chi connectivity index (χ1v) is 8.13. The Morgan fingerprint density at radius 1 is 1.04 bits per heavy atom. The van der Waals surface area contributed by atoms with Crippen LogP contribution >= 0.6 is 0 Å². The highest BCUT2D eigenvalue weighted by molar-refractivity contribution is 5.74. The minimum absolute atomic E-state index is 0.857. The standard InChI is InChI=1S/C17H20N2.2C2H6/c1-6-10-13-16-15(9-4)18-17(19(16)5)14(11-7-2)12-8-3;2*1-2/h6-13H,1-2,4H2,3,5H3;2*1-2H3/b12-8-,13-10-,14-11+;;. The van der Waals surface area contributed by atoms with E-state index in [1.807, 2.05) is 76.6 Å². The normalized spacial score (nSPS) is 10.6. The second-order valence-electron chi connectivity index (χ2n) is 3.92. The number of nitrogens with zero attached hydrogens (tertiary/aromatic N) is 2. The molecule has 1 rings (SSSR count). The molecule has 0 aliphatic heterocycles. The molecule has 0 N–H and O–H groups in total. The van der Waals surface area contributed by atoms with Gasteiger partial charge in [0.15, 0.2) is 0 Å². The average molecular weight is 313 g/mol. The fourth-order valence-electron chi connectivity index (χ4n) is 1.81. The molecule has 2 heteroatoms. The van der Waals surface area contributed by atoms with Crippen molar-refractivity contribution in [3.05, 3.63) is 73.4 Å². The first kappa shape index (κ1) is 22.9. The van der Waals surface area contributed by atoms with Gasteiger partial charge < -0.3 is 4.57 Å². The van der Waals surface area contributed by atoms with Crippen molar-refractivity contribution in [2.75, 3.05) is 0 Å². The largest absolute Gasteiger partial charge is 0.327 e. The van der Waals surface area contributed by atoms with Crippen LogP contribution in [0.15, 0.2) is 56.2 Å². The number of hydrogen-bond acceptors (Lipinski definition) is 1. The van der Waals surface area contributed by atoms with Crippen molar-refractivity contribution < 1.29 is 0 Å². The second-order valence-corrected chi connectivity index (χ2v) is 3.92. The molecule has 0 atom stereocenters. The van der Waals surface area contributed by atoms with Crippen molar-refractivity contribution in [1.82, 2.24) is 9.55 Å². The number of imidazole rings is 1. The van der Waals surface area contributed by atoms with Crippen LogP contribution in [0.1, 0.15) is 51.8 Å². The molecule has 0 aliphatic rings. The molecule has 0 radical (unpaired) electrons. The molecule has 0 saturated heterocycles. The first-order chi connectivity index (χ1) is 11.2. The molecule has 0 saturated carbocycles. The summed E-state index contributed by atoms with van der Waals surface area (Å²) in [6.07, 6.45) is 15.1. The molecule has 0 unspecified atom stereocenters. The molecule has 126 valence electrons. The quantitative estimate of drug-likeness (QED) is 0.551. The van der Waals surface area contributed by atoms with Crippen LogP contribution in [-0.4, -0.2) is 9.55 Å². The Morgan fingerprint density at radius 2 is 1.65 bits per heavy atom. The Balaban J connectivity index is 0. The van der Waals surface area contributed by atoms with Crippen molar-refractivity contribution in [2.24, 2.45) is 7.05 Å². The molecule has 2 nitrogen and oxygen atoms in total. The van der Waals surface area contributed by atoms with E-state index in [9.17, 15) is 0 Å². The molecule has 0 amide bonds. The van der Waals surface area contributed by atoms with Crippen molar-refractivity contribution in [2.45, 2.75) is 34.6 Å². The van der Waals surface area contributed by atoms with Crippen molar-refractivity contribution in [1.29, 1.82) is 0 Å². The van der Waals surface area contributed by atoms with E-state index in [0.29, 0.717) is 0 Å². The minimum Gasteiger partial charge on any atom is -0.327 e. The van der Waals surface area contributed by atoms with Gasteiger partial charge in [0.25, 0.3) is 0 Å². The van der Waals surface area contributed by atoms with Gasteiger partial charge in [0.2, 0.25) is 0 Å². The monoisotopic (exact) mass is 312 g/mol. The molecule has 0 bridgehead atoms. The highest BCUT2D eigenvalue weighted by Gasteiger charge is 2.12. The summed E-state index contributed by atoms with van der Waals surface area (Å²) in [6, 6.07) is 0. The van der Waals surface area contributed by atoms with Gasteiger partial charge in [-0.3, -0.25) is 0 Å². The Bertz CT molecular complexity index is 567. The van der Waals surface area contributed by atoms with Crippen LogP contribution in [0.2, 0.25) is 0 Å². The highest BCUT2D eigenvalue weighted by Crippen LogP contribution is 2.21. The van der Waals surface area contributed by atoms with Crippen LogP contribution in [0.25, 0.3) is 17.7 Å². The minimum atomic E-state index is 0.857. The summed E-state index contributed by atoms with van der Waals surface area (Å²) in [5, 5.41) is 0. The summed E-state index contributed by atoms with van der Waals surface area (Å²) in [4.78, 5) is 4.61. The van der Waals surface area contributed by atoms with Crippen molar-refractivity contribution in [3.8, 4) is 0 Å². The Hall–Kier alpha value is -2.35. The van der Waals surface area contributed by atoms with Gasteiger partial charge in [-0.05, 0) is 19.1 Å². The Morgan fingerprint density at radius 3 is 2.09 bits per heavy atom. The molecule has 0 fully saturated rings. The summed E-state index contributed by atoms with van der Waals surface area (Å²) >= 11 is 0. The lowest BCUT2D eigenvalue weighted by atomic mass is 10.2. The molecule has 23 heavy (non-hydrogen) atoms. The number of hydrogen-bond donors (Lipinski definition) is 0. The van der Waals surface area contributed by atoms with E-state index >= 15 is 0 Å². The van der Waals surface area contributed by atoms with Gasteiger partial charge in [0.05, 0.1) is 11.4 Å². The molecule has 0 aromatic carbocycles. The predicted octanol–water partition coefficient (Wildman–Crippen LogP) is 6.46. The summed E-state index contributed by atoms with van der Waals surface area (Å²) in [5.74, 6) is 0.886. The van der Waals surface area contributed by atoms with E-state index in [1.165, 1.54) is 0 Å². The van der Waals surface area contributed by atoms with E-state index < -0.39 is 0 Å². The van der Waals surface area contributed by atoms with Gasteiger partial charge in [-0.1, -0.05) is 83.9 Å². The van der Waals surface area contributed by atoms with Crippen LogP contribution in [-0.2, 0) is 7.05 Å². The lowest BCUT2D eigenvalue weighted by Crippen LogP contribution is -1.97. The lowest BCUT2D eigenvalue weighted by molar-refractivity contribution is 0.882. The van der Waals surface area contributed by atoms with Crippen molar-refractivity contribution in [3.63, 3.8) is 0 Å². The van der Waals surface area contributed by atoms with Crippen LogP contribution in [0.4, 0.5) is 0 Å². The molecule has 1 heterocycles. The maximum atomic E-state index is 4.61. The zero-order chi connectivity index (χ0) is 18.3. The van der Waals surface area contributed by atoms with E-state index in [-0.39, 0.29) is 0 Å². The molecule has 0 aliphatic carbocycles. The van der Waals surface area contributed by atoms with Gasteiger partial charge in [-0.25, -0.2) is 4.98 Å². The smallest absolute Gasteiger partial charge is 0.140 e. The van der Waals surface area contributed by atoms with Crippen molar-refractivity contribution >= 4 is 17.7 Å². The van der Waals surface area contributed by atoms with E-state index in [0.717, 1.165) is 22.8 Å². The third kappa shape index (κ3) is 6.96. The number of aromatic nitrogens is 2. The third-order valence-corrected chi connectivity index (χ3v) is 2.65. The molecular formula is C21H32N2. The second kappa shape index (κ2) is 14.6. The van der Waals surface area contributed by atoms with Crippen LogP contribution < -0.4 is 0 Å². The fourth-order valence-corrected chi connectivity index (χ4v) is 1.81. The van der Waals surface area contributed by atoms with Gasteiger partial charge in [0, 0.05) is 12.6 Å². The maximum Gasteiger partial charge on any atom is 0.140 e. The third-order valence-electron chi connectivity index (χ3n) is 2.65. The zero-order valence-electron chi connectivity index (χ0n) is 15.6. The SMILES string of the molecule is C=C/C=C\c1c(C=C)nc(C(/C=C\C)=C/C=C)n1C.CC.CC. The zero-order valence-corrected chi connectivity index (χ0v) is 15.6. The Kier molecular flexibility index (Phi) is 14.5. The van der Waals surface area contributed by atoms with E-state index in [1.54, 1.807) is 18.2 Å². The van der Waals surface area contributed by atoms with E-state index in [2.05, 4.69) is 24.7 Å². The fraction of sp³-hybridized carbons (Fsp3) is 0.286. The van der Waals surface area contributed by atoms with Crippen LogP contribution in [0.5, 0.6) is 0 Å². The first-order valence-electron chi connectivity index (χ1n) is 8.13. The van der Waals surface area contributed by atoms with Gasteiger partial charge in [0.1, 0.15) is 5.82 Å². The molecule has 1 aromatic heterocycles. The van der Waals surface area contributed by atoms with Gasteiger partial charge in [-0.15, -0.1) is 0 Å².